The van der Waals surface area contributed by atoms with Gasteiger partial charge < -0.3 is 15.5 Å². The Morgan fingerprint density at radius 2 is 2.00 bits per heavy atom. The number of aliphatic hydroxyl groups is 1. The summed E-state index contributed by atoms with van der Waals surface area (Å²) in [5.41, 5.74) is 1.23. The van der Waals surface area contributed by atoms with Crippen molar-refractivity contribution in [2.45, 2.75) is 31.8 Å². The second-order valence-electron chi connectivity index (χ2n) is 7.61. The summed E-state index contributed by atoms with van der Waals surface area (Å²) in [4.78, 5) is 2.30. The van der Waals surface area contributed by atoms with Crippen LogP contribution in [0.15, 0.2) is 42.5 Å². The fourth-order valence-electron chi connectivity index (χ4n) is 3.95. The summed E-state index contributed by atoms with van der Waals surface area (Å²) in [5, 5.41) is 34.6. The van der Waals surface area contributed by atoms with Crippen LogP contribution in [0, 0.1) is 0 Å². The molecule has 2 atom stereocenters. The van der Waals surface area contributed by atoms with Crippen LogP contribution in [-0.2, 0) is 0 Å². The molecule has 3 N–H and O–H groups in total. The van der Waals surface area contributed by atoms with E-state index in [1.54, 1.807) is 12.1 Å². The molecular weight excluding hydrogens is 388 g/mol. The fraction of sp³-hybridized carbons (Fsp3) is 0.364. The van der Waals surface area contributed by atoms with Gasteiger partial charge in [-0.15, -0.1) is 10.2 Å². The highest BCUT2D eigenvalue weighted by molar-refractivity contribution is 6.30. The van der Waals surface area contributed by atoms with Crippen molar-refractivity contribution in [3.63, 3.8) is 0 Å². The zero-order valence-corrected chi connectivity index (χ0v) is 17.1. The quantitative estimate of drug-likeness (QED) is 0.589. The van der Waals surface area contributed by atoms with Gasteiger partial charge in [0.15, 0.2) is 5.82 Å². The monoisotopic (exact) mass is 412 g/mol. The SMILES string of the molecule is CC(CO)N1CCCC(Nc2nnc(-c3ccc(Cl)cc3O)c3ccccc23)C1. The van der Waals surface area contributed by atoms with E-state index in [0.717, 1.165) is 42.5 Å². The summed E-state index contributed by atoms with van der Waals surface area (Å²) >= 11 is 5.98. The molecule has 7 heteroatoms. The van der Waals surface area contributed by atoms with Crippen LogP contribution in [-0.4, -0.2) is 57.1 Å². The van der Waals surface area contributed by atoms with Crippen molar-refractivity contribution >= 4 is 28.2 Å². The van der Waals surface area contributed by atoms with Crippen molar-refractivity contribution in [1.29, 1.82) is 0 Å². The van der Waals surface area contributed by atoms with E-state index in [1.165, 1.54) is 6.07 Å². The molecule has 0 bridgehead atoms. The van der Waals surface area contributed by atoms with Gasteiger partial charge in [-0.3, -0.25) is 4.90 Å². The Labute approximate surface area is 175 Å². The van der Waals surface area contributed by atoms with E-state index in [1.807, 2.05) is 31.2 Å². The number of phenolic OH excluding ortho intramolecular Hbond substituents is 1. The molecule has 1 aliphatic rings. The molecule has 1 saturated heterocycles. The molecule has 0 radical (unpaired) electrons. The van der Waals surface area contributed by atoms with Crippen LogP contribution in [0.3, 0.4) is 0 Å². The molecule has 0 saturated carbocycles. The molecule has 2 unspecified atom stereocenters. The number of halogens is 1. The van der Waals surface area contributed by atoms with E-state index in [9.17, 15) is 10.2 Å². The predicted octanol–water partition coefficient (Wildman–Crippen LogP) is 3.91. The van der Waals surface area contributed by atoms with Gasteiger partial charge in [-0.05, 0) is 44.5 Å². The molecular formula is C22H25ClN4O2. The number of piperidine rings is 1. The molecule has 152 valence electrons. The van der Waals surface area contributed by atoms with E-state index < -0.39 is 0 Å². The minimum atomic E-state index is 0.0820. The standard InChI is InChI=1S/C22H25ClN4O2/c1-14(13-28)27-10-4-5-16(12-27)24-22-18-7-3-2-6-17(18)21(25-26-22)19-9-8-15(23)11-20(19)29/h2-3,6-9,11,14,16,28-29H,4-5,10,12-13H2,1H3,(H,24,26). The van der Waals surface area contributed by atoms with Crippen molar-refractivity contribution in [1.82, 2.24) is 15.1 Å². The highest BCUT2D eigenvalue weighted by Crippen LogP contribution is 2.36. The number of phenols is 1. The van der Waals surface area contributed by atoms with Gasteiger partial charge in [0.25, 0.3) is 0 Å². The smallest absolute Gasteiger partial charge is 0.156 e. The normalized spacial score (nSPS) is 18.7. The number of hydrogen-bond acceptors (Lipinski definition) is 6. The Morgan fingerprint density at radius 3 is 2.76 bits per heavy atom. The van der Waals surface area contributed by atoms with E-state index in [0.29, 0.717) is 16.3 Å². The van der Waals surface area contributed by atoms with Crippen molar-refractivity contribution in [2.24, 2.45) is 0 Å². The molecule has 1 fully saturated rings. The second-order valence-corrected chi connectivity index (χ2v) is 8.05. The van der Waals surface area contributed by atoms with Crippen molar-refractivity contribution in [2.75, 3.05) is 25.0 Å². The molecule has 29 heavy (non-hydrogen) atoms. The number of fused-ring (bicyclic) bond motifs is 1. The maximum absolute atomic E-state index is 10.3. The first-order valence-electron chi connectivity index (χ1n) is 9.92. The predicted molar refractivity (Wildman–Crippen MR) is 116 cm³/mol. The van der Waals surface area contributed by atoms with Crippen LogP contribution in [0.25, 0.3) is 22.0 Å². The molecule has 3 aromatic rings. The molecule has 1 aliphatic heterocycles. The van der Waals surface area contributed by atoms with Crippen molar-refractivity contribution in [3.05, 3.63) is 47.5 Å². The van der Waals surface area contributed by atoms with Gasteiger partial charge in [-0.25, -0.2) is 0 Å². The highest BCUT2D eigenvalue weighted by atomic mass is 35.5. The van der Waals surface area contributed by atoms with Gasteiger partial charge >= 0.3 is 0 Å². The lowest BCUT2D eigenvalue weighted by Gasteiger charge is -2.36. The number of benzene rings is 2. The lowest BCUT2D eigenvalue weighted by Crippen LogP contribution is -2.47. The number of rotatable bonds is 5. The number of nitrogens with zero attached hydrogens (tertiary/aromatic N) is 3. The van der Waals surface area contributed by atoms with Crippen molar-refractivity contribution < 1.29 is 10.2 Å². The Bertz CT molecular complexity index is 1010. The van der Waals surface area contributed by atoms with Crippen LogP contribution in [0.5, 0.6) is 5.75 Å². The number of nitrogens with one attached hydrogen (secondary N) is 1. The summed E-state index contributed by atoms with van der Waals surface area (Å²) < 4.78 is 0. The lowest BCUT2D eigenvalue weighted by molar-refractivity contribution is 0.110. The van der Waals surface area contributed by atoms with Crippen LogP contribution in [0.4, 0.5) is 5.82 Å². The van der Waals surface area contributed by atoms with Gasteiger partial charge in [0.1, 0.15) is 11.4 Å². The molecule has 6 nitrogen and oxygen atoms in total. The maximum atomic E-state index is 10.3. The molecule has 0 spiro atoms. The summed E-state index contributed by atoms with van der Waals surface area (Å²) in [6.07, 6.45) is 2.12. The van der Waals surface area contributed by atoms with Gasteiger partial charge in [-0.1, -0.05) is 35.9 Å². The molecule has 0 amide bonds. The largest absolute Gasteiger partial charge is 0.507 e. The maximum Gasteiger partial charge on any atom is 0.156 e. The third-order valence-corrected chi connectivity index (χ3v) is 5.82. The van der Waals surface area contributed by atoms with Gasteiger partial charge in [-0.2, -0.15) is 0 Å². The first-order valence-corrected chi connectivity index (χ1v) is 10.3. The molecule has 2 heterocycles. The summed E-state index contributed by atoms with van der Waals surface area (Å²) in [5.74, 6) is 0.819. The van der Waals surface area contributed by atoms with Crippen LogP contribution in [0.1, 0.15) is 19.8 Å². The fourth-order valence-corrected chi connectivity index (χ4v) is 4.11. The highest BCUT2D eigenvalue weighted by Gasteiger charge is 2.24. The first-order chi connectivity index (χ1) is 14.1. The summed E-state index contributed by atoms with van der Waals surface area (Å²) in [7, 11) is 0. The van der Waals surface area contributed by atoms with Gasteiger partial charge in [0, 0.05) is 40.0 Å². The summed E-state index contributed by atoms with van der Waals surface area (Å²) in [6, 6.07) is 13.3. The number of aliphatic hydroxyl groups excluding tert-OH is 1. The average Bonchev–Trinajstić information content (AvgIpc) is 2.74. The Hall–Kier alpha value is -2.41. The van der Waals surface area contributed by atoms with Crippen LogP contribution in [0.2, 0.25) is 5.02 Å². The third-order valence-electron chi connectivity index (χ3n) is 5.58. The molecule has 0 aliphatic carbocycles. The minimum Gasteiger partial charge on any atom is -0.507 e. The van der Waals surface area contributed by atoms with Gasteiger partial charge in [0.2, 0.25) is 0 Å². The van der Waals surface area contributed by atoms with Crippen LogP contribution >= 0.6 is 11.6 Å². The number of aromatic hydroxyl groups is 1. The van der Waals surface area contributed by atoms with E-state index in [4.69, 9.17) is 11.6 Å². The number of likely N-dealkylation sites (tertiary alicyclic amines) is 1. The Balaban J connectivity index is 1.67. The Morgan fingerprint density at radius 1 is 1.21 bits per heavy atom. The number of anilines is 1. The average molecular weight is 413 g/mol. The van der Waals surface area contributed by atoms with E-state index >= 15 is 0 Å². The summed E-state index contributed by atoms with van der Waals surface area (Å²) in [6.45, 7) is 4.07. The number of aromatic nitrogens is 2. The topological polar surface area (TPSA) is 81.5 Å². The second kappa shape index (κ2) is 8.53. The van der Waals surface area contributed by atoms with Crippen molar-refractivity contribution in [3.8, 4) is 17.0 Å². The molecule has 2 aromatic carbocycles. The molecule has 4 rings (SSSR count). The van der Waals surface area contributed by atoms with Crippen LogP contribution < -0.4 is 5.32 Å². The molecule has 1 aromatic heterocycles. The minimum absolute atomic E-state index is 0.0820. The number of hydrogen-bond donors (Lipinski definition) is 3. The zero-order valence-electron chi connectivity index (χ0n) is 16.3. The van der Waals surface area contributed by atoms with Gasteiger partial charge in [0.05, 0.1) is 6.61 Å². The third kappa shape index (κ3) is 4.15. The first kappa shape index (κ1) is 19.9. The lowest BCUT2D eigenvalue weighted by atomic mass is 10.0. The van der Waals surface area contributed by atoms with E-state index in [2.05, 4.69) is 20.4 Å². The van der Waals surface area contributed by atoms with E-state index in [-0.39, 0.29) is 24.4 Å². The zero-order chi connectivity index (χ0) is 20.4. The Kier molecular flexibility index (Phi) is 5.85.